The quantitative estimate of drug-likeness (QED) is 0.811. The Morgan fingerprint density at radius 2 is 1.79 bits per heavy atom. The van der Waals surface area contributed by atoms with Crippen LogP contribution < -0.4 is 14.4 Å². The molecule has 1 N–H and O–H groups in total. The van der Waals surface area contributed by atoms with E-state index in [1.807, 2.05) is 0 Å². The molecule has 0 unspecified atom stereocenters. The maximum absolute atomic E-state index is 12.1. The van der Waals surface area contributed by atoms with Crippen LogP contribution in [0.15, 0.2) is 48.8 Å². The molecule has 0 aliphatic rings. The highest BCUT2D eigenvalue weighted by molar-refractivity contribution is 7.92. The van der Waals surface area contributed by atoms with E-state index in [9.17, 15) is 13.2 Å². The predicted molar refractivity (Wildman–Crippen MR) is 91.3 cm³/mol. The molecule has 0 atom stereocenters. The van der Waals surface area contributed by atoms with Crippen LogP contribution in [0.4, 0.5) is 5.69 Å². The summed E-state index contributed by atoms with van der Waals surface area (Å²) in [5.41, 5.74) is 1.28. The minimum atomic E-state index is -3.59. The van der Waals surface area contributed by atoms with E-state index in [0.717, 1.165) is 16.1 Å². The molecule has 2 aromatic rings. The van der Waals surface area contributed by atoms with Crippen molar-refractivity contribution >= 4 is 21.6 Å². The van der Waals surface area contributed by atoms with E-state index in [2.05, 4.69) is 10.3 Å². The van der Waals surface area contributed by atoms with Gasteiger partial charge in [0.25, 0.3) is 0 Å². The Morgan fingerprint density at radius 3 is 2.33 bits per heavy atom. The Bertz CT molecular complexity index is 777. The minimum absolute atomic E-state index is 0.295. The van der Waals surface area contributed by atoms with Crippen LogP contribution in [0.3, 0.4) is 0 Å². The van der Waals surface area contributed by atoms with Crippen LogP contribution in [0.5, 0.6) is 5.75 Å². The number of nitrogens with one attached hydrogen (secondary N) is 1. The van der Waals surface area contributed by atoms with Gasteiger partial charge in [0, 0.05) is 18.9 Å². The smallest absolute Gasteiger partial charge is 0.241 e. The molecule has 24 heavy (non-hydrogen) atoms. The minimum Gasteiger partial charge on any atom is -0.497 e. The summed E-state index contributed by atoms with van der Waals surface area (Å²) in [5, 5.41) is 2.70. The van der Waals surface area contributed by atoms with Crippen LogP contribution in [0.25, 0.3) is 0 Å². The summed E-state index contributed by atoms with van der Waals surface area (Å²) in [6, 6.07) is 10.0. The summed E-state index contributed by atoms with van der Waals surface area (Å²) < 4.78 is 30.1. The lowest BCUT2D eigenvalue weighted by Crippen LogP contribution is -2.40. The molecular formula is C16H19N3O4S. The van der Waals surface area contributed by atoms with Gasteiger partial charge in [0.15, 0.2) is 0 Å². The van der Waals surface area contributed by atoms with Crippen LogP contribution in [0, 0.1) is 0 Å². The molecule has 128 valence electrons. The molecule has 0 bridgehead atoms. The average Bonchev–Trinajstić information content (AvgIpc) is 2.58. The fraction of sp³-hybridized carbons (Fsp3) is 0.250. The molecule has 0 aliphatic carbocycles. The highest BCUT2D eigenvalue weighted by Gasteiger charge is 2.20. The molecule has 0 fully saturated rings. The number of anilines is 1. The molecule has 0 saturated carbocycles. The van der Waals surface area contributed by atoms with Gasteiger partial charge in [0.05, 0.1) is 19.1 Å². The third kappa shape index (κ3) is 4.95. The highest BCUT2D eigenvalue weighted by Crippen LogP contribution is 2.21. The van der Waals surface area contributed by atoms with Crippen molar-refractivity contribution in [2.75, 3.05) is 24.2 Å². The largest absolute Gasteiger partial charge is 0.497 e. The van der Waals surface area contributed by atoms with Gasteiger partial charge < -0.3 is 10.1 Å². The second kappa shape index (κ2) is 7.78. The molecule has 0 spiro atoms. The van der Waals surface area contributed by atoms with Crippen molar-refractivity contribution in [3.63, 3.8) is 0 Å². The van der Waals surface area contributed by atoms with Crippen molar-refractivity contribution < 1.29 is 17.9 Å². The second-order valence-electron chi connectivity index (χ2n) is 5.10. The number of carbonyl (C=O) groups excluding carboxylic acids is 1. The van der Waals surface area contributed by atoms with Crippen LogP contribution in [0.1, 0.15) is 5.56 Å². The number of carbonyl (C=O) groups is 1. The van der Waals surface area contributed by atoms with Gasteiger partial charge in [-0.3, -0.25) is 14.1 Å². The fourth-order valence-electron chi connectivity index (χ4n) is 2.04. The van der Waals surface area contributed by atoms with Gasteiger partial charge in [-0.15, -0.1) is 0 Å². The number of nitrogens with zero attached hydrogens (tertiary/aromatic N) is 2. The Morgan fingerprint density at radius 1 is 1.17 bits per heavy atom. The lowest BCUT2D eigenvalue weighted by atomic mass is 10.2. The number of methoxy groups -OCH3 is 1. The topological polar surface area (TPSA) is 88.6 Å². The van der Waals surface area contributed by atoms with Crippen LogP contribution in [-0.2, 0) is 21.4 Å². The molecule has 7 nitrogen and oxygen atoms in total. The fourth-order valence-corrected chi connectivity index (χ4v) is 2.89. The maximum atomic E-state index is 12.1. The summed E-state index contributed by atoms with van der Waals surface area (Å²) in [6.45, 7) is 0.0117. The second-order valence-corrected chi connectivity index (χ2v) is 7.01. The number of hydrogen-bond acceptors (Lipinski definition) is 5. The predicted octanol–water partition coefficient (Wildman–Crippen LogP) is 1.17. The number of rotatable bonds is 7. The molecule has 0 saturated heterocycles. The van der Waals surface area contributed by atoms with Crippen molar-refractivity contribution in [3.05, 3.63) is 54.4 Å². The molecule has 0 radical (unpaired) electrons. The van der Waals surface area contributed by atoms with Gasteiger partial charge >= 0.3 is 0 Å². The first-order chi connectivity index (χ1) is 11.4. The Kier molecular flexibility index (Phi) is 5.75. The number of benzene rings is 1. The normalized spacial score (nSPS) is 10.9. The number of pyridine rings is 1. The van der Waals surface area contributed by atoms with E-state index in [-0.39, 0.29) is 6.54 Å². The van der Waals surface area contributed by atoms with Crippen molar-refractivity contribution in [2.45, 2.75) is 6.54 Å². The monoisotopic (exact) mass is 349 g/mol. The van der Waals surface area contributed by atoms with Crippen LogP contribution in [0.2, 0.25) is 0 Å². The van der Waals surface area contributed by atoms with E-state index < -0.39 is 15.9 Å². The first kappa shape index (κ1) is 17.7. The van der Waals surface area contributed by atoms with Gasteiger partial charge in [-0.05, 0) is 42.0 Å². The van der Waals surface area contributed by atoms with Crippen LogP contribution in [-0.4, -0.2) is 39.2 Å². The van der Waals surface area contributed by atoms with E-state index in [4.69, 9.17) is 4.74 Å². The highest BCUT2D eigenvalue weighted by atomic mass is 32.2. The zero-order chi connectivity index (χ0) is 17.6. The van der Waals surface area contributed by atoms with E-state index >= 15 is 0 Å². The SMILES string of the molecule is COc1ccc(N(CC(=O)NCc2ccncc2)S(C)(=O)=O)cc1. The zero-order valence-corrected chi connectivity index (χ0v) is 14.3. The molecule has 1 aromatic heterocycles. The van der Waals surface area contributed by atoms with Gasteiger partial charge in [-0.1, -0.05) is 0 Å². The van der Waals surface area contributed by atoms with E-state index in [1.54, 1.807) is 48.8 Å². The van der Waals surface area contributed by atoms with Gasteiger partial charge in [-0.2, -0.15) is 0 Å². The zero-order valence-electron chi connectivity index (χ0n) is 13.5. The van der Waals surface area contributed by atoms with Gasteiger partial charge in [0.1, 0.15) is 12.3 Å². The van der Waals surface area contributed by atoms with Crippen molar-refractivity contribution in [3.8, 4) is 5.75 Å². The number of sulfonamides is 1. The first-order valence-electron chi connectivity index (χ1n) is 7.17. The van der Waals surface area contributed by atoms with Crippen LogP contribution >= 0.6 is 0 Å². The third-order valence-corrected chi connectivity index (χ3v) is 4.43. The summed E-state index contributed by atoms with van der Waals surface area (Å²) in [6.07, 6.45) is 4.32. The summed E-state index contributed by atoms with van der Waals surface area (Å²) in [7, 11) is -2.07. The summed E-state index contributed by atoms with van der Waals surface area (Å²) in [4.78, 5) is 16.0. The standard InChI is InChI=1S/C16H19N3O4S/c1-23-15-5-3-14(4-6-15)19(24(2,21)22)12-16(20)18-11-13-7-9-17-10-8-13/h3-10H,11-12H2,1-2H3,(H,18,20). The molecule has 1 heterocycles. The lowest BCUT2D eigenvalue weighted by Gasteiger charge is -2.22. The van der Waals surface area contributed by atoms with Crippen molar-refractivity contribution in [2.24, 2.45) is 0 Å². The molecule has 1 aromatic carbocycles. The van der Waals surface area contributed by atoms with E-state index in [1.165, 1.54) is 7.11 Å². The number of amides is 1. The van der Waals surface area contributed by atoms with Crippen molar-refractivity contribution in [1.82, 2.24) is 10.3 Å². The summed E-state index contributed by atoms with van der Waals surface area (Å²) >= 11 is 0. The number of aromatic nitrogens is 1. The molecule has 0 aliphatic heterocycles. The number of ether oxygens (including phenoxy) is 1. The molecular weight excluding hydrogens is 330 g/mol. The summed E-state index contributed by atoms with van der Waals surface area (Å²) in [5.74, 6) is 0.211. The van der Waals surface area contributed by atoms with E-state index in [0.29, 0.717) is 18.0 Å². The molecule has 2 rings (SSSR count). The van der Waals surface area contributed by atoms with Gasteiger partial charge in [-0.25, -0.2) is 8.42 Å². The first-order valence-corrected chi connectivity index (χ1v) is 9.02. The Balaban J connectivity index is 2.07. The van der Waals surface area contributed by atoms with Crippen molar-refractivity contribution in [1.29, 1.82) is 0 Å². The lowest BCUT2D eigenvalue weighted by molar-refractivity contribution is -0.119. The number of hydrogen-bond donors (Lipinski definition) is 1. The molecule has 8 heteroatoms. The average molecular weight is 349 g/mol. The Hall–Kier alpha value is -2.61. The van der Waals surface area contributed by atoms with Gasteiger partial charge in [0.2, 0.25) is 15.9 Å². The Labute approximate surface area is 141 Å². The molecule has 1 amide bonds. The maximum Gasteiger partial charge on any atom is 0.241 e. The third-order valence-electron chi connectivity index (χ3n) is 3.29.